The molecule has 0 radical (unpaired) electrons. The minimum atomic E-state index is -0.690. The molecule has 0 spiro atoms. The molecule has 1 amide bonds. The summed E-state index contributed by atoms with van der Waals surface area (Å²) in [6, 6.07) is 9.70. The van der Waals surface area contributed by atoms with E-state index >= 15 is 0 Å². The highest BCUT2D eigenvalue weighted by molar-refractivity contribution is 5.79. The lowest BCUT2D eigenvalue weighted by Gasteiger charge is -2.31. The maximum atomic E-state index is 12.5. The van der Waals surface area contributed by atoms with Crippen molar-refractivity contribution in [2.45, 2.75) is 51.0 Å². The smallest absolute Gasteiger partial charge is 0.223 e. The summed E-state index contributed by atoms with van der Waals surface area (Å²) in [7, 11) is 0. The predicted molar refractivity (Wildman–Crippen MR) is 80.2 cm³/mol. The highest BCUT2D eigenvalue weighted by Crippen LogP contribution is 2.26. The van der Waals surface area contributed by atoms with Gasteiger partial charge in [-0.05, 0) is 25.3 Å². The van der Waals surface area contributed by atoms with Crippen molar-refractivity contribution < 1.29 is 9.90 Å². The van der Waals surface area contributed by atoms with Crippen molar-refractivity contribution in [3.63, 3.8) is 0 Å². The van der Waals surface area contributed by atoms with Gasteiger partial charge in [0.25, 0.3) is 0 Å². The number of benzene rings is 1. The zero-order valence-corrected chi connectivity index (χ0v) is 12.3. The maximum absolute atomic E-state index is 12.5. The van der Waals surface area contributed by atoms with Gasteiger partial charge in [0, 0.05) is 5.92 Å². The van der Waals surface area contributed by atoms with E-state index < -0.39 is 5.54 Å². The molecule has 1 aromatic carbocycles. The van der Waals surface area contributed by atoms with E-state index in [4.69, 9.17) is 0 Å². The van der Waals surface area contributed by atoms with Crippen molar-refractivity contribution in [2.24, 2.45) is 5.92 Å². The lowest BCUT2D eigenvalue weighted by Crippen LogP contribution is -2.48. The van der Waals surface area contributed by atoms with E-state index in [0.29, 0.717) is 0 Å². The summed E-state index contributed by atoms with van der Waals surface area (Å²) in [5, 5.41) is 12.8. The van der Waals surface area contributed by atoms with Crippen LogP contribution < -0.4 is 5.32 Å². The molecule has 0 bridgehead atoms. The fraction of sp³-hybridized carbons (Fsp3) is 0.588. The molecular formula is C17H25NO2. The summed E-state index contributed by atoms with van der Waals surface area (Å²) in [6.07, 6.45) is 6.70. The third-order valence-corrected chi connectivity index (χ3v) is 4.35. The molecule has 1 saturated carbocycles. The van der Waals surface area contributed by atoms with Crippen LogP contribution in [0, 0.1) is 5.92 Å². The second-order valence-corrected chi connectivity index (χ2v) is 6.03. The molecule has 0 saturated heterocycles. The standard InChI is InChI=1S/C17H25NO2/c1-17(13-19,15-11-7-4-8-12-15)18-16(20)14-9-5-2-3-6-10-14/h4,7-8,11-12,14,19H,2-3,5-6,9-10,13H2,1H3,(H,18,20). The molecule has 0 aliphatic heterocycles. The number of aliphatic hydroxyl groups excluding tert-OH is 1. The van der Waals surface area contributed by atoms with Gasteiger partial charge in [-0.2, -0.15) is 0 Å². The van der Waals surface area contributed by atoms with Gasteiger partial charge in [-0.3, -0.25) is 4.79 Å². The molecule has 1 aromatic rings. The Balaban J connectivity index is 2.07. The molecule has 3 nitrogen and oxygen atoms in total. The van der Waals surface area contributed by atoms with Crippen molar-refractivity contribution >= 4 is 5.91 Å². The summed E-state index contributed by atoms with van der Waals surface area (Å²) in [4.78, 5) is 12.5. The average molecular weight is 275 g/mol. The molecule has 1 atom stereocenters. The maximum Gasteiger partial charge on any atom is 0.223 e. The molecule has 20 heavy (non-hydrogen) atoms. The van der Waals surface area contributed by atoms with Crippen molar-refractivity contribution in [1.82, 2.24) is 5.32 Å². The number of rotatable bonds is 4. The van der Waals surface area contributed by atoms with Gasteiger partial charge in [-0.15, -0.1) is 0 Å². The zero-order chi connectivity index (χ0) is 14.4. The van der Waals surface area contributed by atoms with E-state index in [0.717, 1.165) is 31.2 Å². The molecule has 110 valence electrons. The monoisotopic (exact) mass is 275 g/mol. The number of hydrogen-bond acceptors (Lipinski definition) is 2. The number of hydrogen-bond donors (Lipinski definition) is 2. The van der Waals surface area contributed by atoms with Crippen LogP contribution in [0.2, 0.25) is 0 Å². The minimum absolute atomic E-state index is 0.0878. The minimum Gasteiger partial charge on any atom is -0.394 e. The van der Waals surface area contributed by atoms with Crippen LogP contribution in [0.15, 0.2) is 30.3 Å². The van der Waals surface area contributed by atoms with Crippen LogP contribution in [-0.4, -0.2) is 17.6 Å². The first-order valence-corrected chi connectivity index (χ1v) is 7.64. The number of carbonyl (C=O) groups excluding carboxylic acids is 1. The highest BCUT2D eigenvalue weighted by atomic mass is 16.3. The normalized spacial score (nSPS) is 19.9. The molecule has 1 aliphatic carbocycles. The SMILES string of the molecule is CC(CO)(NC(=O)C1CCCCCC1)c1ccccc1. The first-order chi connectivity index (χ1) is 9.65. The Morgan fingerprint density at radius 2 is 1.80 bits per heavy atom. The summed E-state index contributed by atoms with van der Waals surface area (Å²) in [5.41, 5.74) is 0.259. The quantitative estimate of drug-likeness (QED) is 0.830. The fourth-order valence-corrected chi connectivity index (χ4v) is 2.92. The Morgan fingerprint density at radius 3 is 2.35 bits per heavy atom. The lowest BCUT2D eigenvalue weighted by molar-refractivity contribution is -0.128. The second kappa shape index (κ2) is 6.89. The second-order valence-electron chi connectivity index (χ2n) is 6.03. The van der Waals surface area contributed by atoms with Gasteiger partial charge >= 0.3 is 0 Å². The van der Waals surface area contributed by atoms with Crippen molar-refractivity contribution in [2.75, 3.05) is 6.61 Å². The van der Waals surface area contributed by atoms with Gasteiger partial charge in [0.05, 0.1) is 12.1 Å². The van der Waals surface area contributed by atoms with Gasteiger partial charge in [0.2, 0.25) is 5.91 Å². The van der Waals surface area contributed by atoms with Gasteiger partial charge in [0.15, 0.2) is 0 Å². The summed E-state index contributed by atoms with van der Waals surface area (Å²) in [6.45, 7) is 1.80. The Labute approximate surface area is 121 Å². The van der Waals surface area contributed by atoms with Crippen molar-refractivity contribution in [3.05, 3.63) is 35.9 Å². The highest BCUT2D eigenvalue weighted by Gasteiger charge is 2.30. The lowest BCUT2D eigenvalue weighted by atomic mass is 9.90. The van der Waals surface area contributed by atoms with E-state index in [2.05, 4.69) is 5.32 Å². The third kappa shape index (κ3) is 3.60. The van der Waals surface area contributed by atoms with E-state index in [9.17, 15) is 9.90 Å². The average Bonchev–Trinajstić information content (AvgIpc) is 2.77. The molecule has 2 N–H and O–H groups in total. The van der Waals surface area contributed by atoms with Crippen LogP contribution in [0.3, 0.4) is 0 Å². The predicted octanol–water partition coefficient (Wildman–Crippen LogP) is 2.98. The third-order valence-electron chi connectivity index (χ3n) is 4.35. The first-order valence-electron chi connectivity index (χ1n) is 7.64. The Hall–Kier alpha value is -1.35. The molecule has 2 rings (SSSR count). The van der Waals surface area contributed by atoms with Gasteiger partial charge in [-0.1, -0.05) is 56.0 Å². The first kappa shape index (κ1) is 15.0. The summed E-state index contributed by atoms with van der Waals surface area (Å²) >= 11 is 0. The number of aliphatic hydroxyl groups is 1. The van der Waals surface area contributed by atoms with Gasteiger partial charge < -0.3 is 10.4 Å². The molecule has 0 aromatic heterocycles. The summed E-state index contributed by atoms with van der Waals surface area (Å²) < 4.78 is 0. The topological polar surface area (TPSA) is 49.3 Å². The van der Waals surface area contributed by atoms with Crippen LogP contribution in [0.25, 0.3) is 0 Å². The van der Waals surface area contributed by atoms with Crippen LogP contribution in [0.1, 0.15) is 51.0 Å². The number of amides is 1. The van der Waals surface area contributed by atoms with Crippen molar-refractivity contribution in [3.8, 4) is 0 Å². The van der Waals surface area contributed by atoms with Gasteiger partial charge in [-0.25, -0.2) is 0 Å². The fourth-order valence-electron chi connectivity index (χ4n) is 2.92. The van der Waals surface area contributed by atoms with E-state index in [1.54, 1.807) is 0 Å². The largest absolute Gasteiger partial charge is 0.394 e. The van der Waals surface area contributed by atoms with Crippen LogP contribution in [-0.2, 0) is 10.3 Å². The molecule has 1 unspecified atom stereocenters. The molecule has 1 fully saturated rings. The Morgan fingerprint density at radius 1 is 1.20 bits per heavy atom. The molecule has 1 aliphatic rings. The molecule has 0 heterocycles. The molecular weight excluding hydrogens is 250 g/mol. The van der Waals surface area contributed by atoms with Crippen LogP contribution >= 0.6 is 0 Å². The van der Waals surface area contributed by atoms with Crippen molar-refractivity contribution in [1.29, 1.82) is 0 Å². The summed E-state index contributed by atoms with van der Waals surface area (Å²) in [5.74, 6) is 0.194. The van der Waals surface area contributed by atoms with E-state index in [1.165, 1.54) is 12.8 Å². The zero-order valence-electron chi connectivity index (χ0n) is 12.3. The Kier molecular flexibility index (Phi) is 5.18. The Bertz CT molecular complexity index is 424. The van der Waals surface area contributed by atoms with Crippen LogP contribution in [0.5, 0.6) is 0 Å². The van der Waals surface area contributed by atoms with Gasteiger partial charge in [0.1, 0.15) is 0 Å². The number of carbonyl (C=O) groups is 1. The van der Waals surface area contributed by atoms with Crippen LogP contribution in [0.4, 0.5) is 0 Å². The van der Waals surface area contributed by atoms with E-state index in [1.807, 2.05) is 37.3 Å². The van der Waals surface area contributed by atoms with E-state index in [-0.39, 0.29) is 18.4 Å². The number of nitrogens with one attached hydrogen (secondary N) is 1. The molecule has 3 heteroatoms.